The summed E-state index contributed by atoms with van der Waals surface area (Å²) < 4.78 is 0. The van der Waals surface area contributed by atoms with E-state index in [1.54, 1.807) is 12.1 Å². The second-order valence-corrected chi connectivity index (χ2v) is 12.7. The van der Waals surface area contributed by atoms with Crippen molar-refractivity contribution in [2.45, 2.75) is 62.7 Å². The average molecular weight is 730 g/mol. The van der Waals surface area contributed by atoms with Crippen LogP contribution in [0.1, 0.15) is 36.8 Å². The minimum atomic E-state index is -1.23. The van der Waals surface area contributed by atoms with Crippen LogP contribution < -0.4 is 49.5 Å². The highest BCUT2D eigenvalue weighted by atomic mass is 16.3. The van der Waals surface area contributed by atoms with Crippen molar-refractivity contribution < 1.29 is 29.1 Å². The van der Waals surface area contributed by atoms with Crippen LogP contribution in [0.15, 0.2) is 76.7 Å². The topological polar surface area (TPSA) is 295 Å². The van der Waals surface area contributed by atoms with Crippen LogP contribution in [-0.4, -0.2) is 90.4 Å². The SMILES string of the molecule is NC(N)=NCCC[C@@H]1NC(=O)CNC(=O)[C@H](CCCN=C(N)N)NC(=O)[C@H](Cc2ccc(O)cc2)NC(=O)[C@@H](Cc2ccc3ccccc3c2)NC1=O. The lowest BCUT2D eigenvalue weighted by molar-refractivity contribution is -0.134. The number of hydrogen-bond acceptors (Lipinski definition) is 8. The quantitative estimate of drug-likeness (QED) is 0.0585. The van der Waals surface area contributed by atoms with Crippen LogP contribution in [0, 0.1) is 0 Å². The molecular weight excluding hydrogens is 682 g/mol. The lowest BCUT2D eigenvalue weighted by atomic mass is 9.99. The molecule has 0 unspecified atom stereocenters. The number of carbonyl (C=O) groups is 5. The van der Waals surface area contributed by atoms with Crippen LogP contribution in [-0.2, 0) is 36.8 Å². The number of carbonyl (C=O) groups excluding carboxylic acids is 5. The molecule has 17 heteroatoms. The smallest absolute Gasteiger partial charge is 0.243 e. The summed E-state index contributed by atoms with van der Waals surface area (Å²) in [7, 11) is 0. The Morgan fingerprint density at radius 2 is 1.09 bits per heavy atom. The van der Waals surface area contributed by atoms with Crippen LogP contribution in [0.3, 0.4) is 0 Å². The van der Waals surface area contributed by atoms with E-state index >= 15 is 0 Å². The van der Waals surface area contributed by atoms with Gasteiger partial charge in [0.15, 0.2) is 11.9 Å². The molecule has 1 heterocycles. The van der Waals surface area contributed by atoms with Crippen molar-refractivity contribution in [3.05, 3.63) is 77.9 Å². The van der Waals surface area contributed by atoms with E-state index < -0.39 is 60.2 Å². The van der Waals surface area contributed by atoms with Crippen molar-refractivity contribution in [2.75, 3.05) is 19.6 Å². The molecule has 1 aliphatic rings. The summed E-state index contributed by atoms with van der Waals surface area (Å²) in [5.41, 5.74) is 23.1. The van der Waals surface area contributed by atoms with Gasteiger partial charge in [-0.15, -0.1) is 0 Å². The average Bonchev–Trinajstić information content (AvgIpc) is 3.12. The summed E-state index contributed by atoms with van der Waals surface area (Å²) in [4.78, 5) is 76.3. The number of nitrogens with zero attached hydrogens (tertiary/aromatic N) is 2. The van der Waals surface area contributed by atoms with Gasteiger partial charge in [0.25, 0.3) is 0 Å². The fourth-order valence-electron chi connectivity index (χ4n) is 5.79. The first kappa shape index (κ1) is 39.4. The van der Waals surface area contributed by atoms with Crippen molar-refractivity contribution in [1.29, 1.82) is 0 Å². The molecule has 1 aliphatic heterocycles. The number of benzene rings is 3. The molecule has 4 rings (SSSR count). The molecule has 4 atom stereocenters. The third-order valence-corrected chi connectivity index (χ3v) is 8.49. The first-order valence-corrected chi connectivity index (χ1v) is 17.2. The molecule has 0 bridgehead atoms. The van der Waals surface area contributed by atoms with E-state index in [0.29, 0.717) is 18.4 Å². The lowest BCUT2D eigenvalue weighted by Gasteiger charge is -2.26. The van der Waals surface area contributed by atoms with E-state index in [-0.39, 0.29) is 56.4 Å². The zero-order chi connectivity index (χ0) is 38.3. The number of nitrogens with two attached hydrogens (primary N) is 4. The summed E-state index contributed by atoms with van der Waals surface area (Å²) in [5, 5.41) is 25.2. The van der Waals surface area contributed by atoms with Crippen LogP contribution in [0.4, 0.5) is 0 Å². The molecule has 17 nitrogen and oxygen atoms in total. The molecule has 0 radical (unpaired) electrons. The Bertz CT molecular complexity index is 1820. The summed E-state index contributed by atoms with van der Waals surface area (Å²) in [6.45, 7) is -0.165. The van der Waals surface area contributed by atoms with Crippen molar-refractivity contribution in [1.82, 2.24) is 26.6 Å². The molecular formula is C36H47N11O6. The molecule has 0 spiro atoms. The molecule has 0 aromatic heterocycles. The van der Waals surface area contributed by atoms with Gasteiger partial charge in [0.2, 0.25) is 29.5 Å². The number of phenolic OH excluding ortho intramolecular Hbond substituents is 1. The largest absolute Gasteiger partial charge is 0.508 e. The molecule has 1 fully saturated rings. The van der Waals surface area contributed by atoms with E-state index in [1.807, 2.05) is 42.5 Å². The fourth-order valence-corrected chi connectivity index (χ4v) is 5.79. The van der Waals surface area contributed by atoms with Gasteiger partial charge < -0.3 is 54.6 Å². The minimum absolute atomic E-state index is 0.0102. The summed E-state index contributed by atoms with van der Waals surface area (Å²) in [5.74, 6) is -3.65. The van der Waals surface area contributed by atoms with Gasteiger partial charge in [-0.1, -0.05) is 54.6 Å². The number of hydrogen-bond donors (Lipinski definition) is 10. The van der Waals surface area contributed by atoms with Crippen LogP contribution in [0.5, 0.6) is 5.75 Å². The number of aromatic hydroxyl groups is 1. The molecule has 14 N–H and O–H groups in total. The third-order valence-electron chi connectivity index (χ3n) is 8.49. The maximum absolute atomic E-state index is 14.2. The first-order valence-electron chi connectivity index (χ1n) is 17.2. The van der Waals surface area contributed by atoms with E-state index in [9.17, 15) is 29.1 Å². The minimum Gasteiger partial charge on any atom is -0.508 e. The molecule has 0 aliphatic carbocycles. The van der Waals surface area contributed by atoms with Crippen LogP contribution in [0.25, 0.3) is 10.8 Å². The van der Waals surface area contributed by atoms with Gasteiger partial charge in [0.1, 0.15) is 29.9 Å². The van der Waals surface area contributed by atoms with Gasteiger partial charge >= 0.3 is 0 Å². The Hall–Kier alpha value is -6.39. The number of guanidine groups is 2. The monoisotopic (exact) mass is 729 g/mol. The van der Waals surface area contributed by atoms with E-state index in [0.717, 1.165) is 16.3 Å². The van der Waals surface area contributed by atoms with Crippen molar-refractivity contribution in [3.63, 3.8) is 0 Å². The van der Waals surface area contributed by atoms with E-state index in [2.05, 4.69) is 36.6 Å². The highest BCUT2D eigenvalue weighted by molar-refractivity contribution is 5.97. The Kier molecular flexibility index (Phi) is 14.3. The lowest BCUT2D eigenvalue weighted by Crippen LogP contribution is -2.58. The Labute approximate surface area is 306 Å². The highest BCUT2D eigenvalue weighted by Gasteiger charge is 2.32. The third kappa shape index (κ3) is 12.7. The van der Waals surface area contributed by atoms with E-state index in [1.165, 1.54) is 12.1 Å². The predicted octanol–water partition coefficient (Wildman–Crippen LogP) is -1.49. The molecule has 0 saturated carbocycles. The number of amides is 5. The maximum Gasteiger partial charge on any atom is 0.243 e. The molecule has 3 aromatic carbocycles. The summed E-state index contributed by atoms with van der Waals surface area (Å²) in [6.07, 6.45) is 0.802. The normalized spacial score (nSPS) is 20.0. The first-order chi connectivity index (χ1) is 25.4. The maximum atomic E-state index is 14.2. The second kappa shape index (κ2) is 19.3. The standard InChI is InChI=1S/C36H47N11O6/c37-35(38)41-15-3-7-26-31(50)43-20-30(49)44-27(8-4-16-42-36(39)40)32(51)46-29(19-22-9-12-23-5-1-2-6-24(23)17-22)34(53)47-28(33(52)45-26)18-21-10-13-25(48)14-11-21/h1-2,5-6,9-14,17,26-29,48H,3-4,7-8,15-16,18-20H2,(H,43,50)(H,44,49)(H,45,52)(H,46,51)(H,47,53)(H4,37,38,41)(H4,39,40,42)/t26-,27-,28-,29+/m0/s1. The van der Waals surface area contributed by atoms with Gasteiger partial charge in [-0.25, -0.2) is 0 Å². The van der Waals surface area contributed by atoms with Gasteiger partial charge in [0.05, 0.1) is 6.54 Å². The Balaban J connectivity index is 1.70. The number of fused-ring (bicyclic) bond motifs is 1. The fraction of sp³-hybridized carbons (Fsp3) is 0.361. The molecule has 3 aromatic rings. The van der Waals surface area contributed by atoms with E-state index in [4.69, 9.17) is 22.9 Å². The Morgan fingerprint density at radius 1 is 0.604 bits per heavy atom. The van der Waals surface area contributed by atoms with Gasteiger partial charge in [-0.05, 0) is 59.7 Å². The van der Waals surface area contributed by atoms with Crippen LogP contribution >= 0.6 is 0 Å². The zero-order valence-corrected chi connectivity index (χ0v) is 29.2. The van der Waals surface area contributed by atoms with Crippen molar-refractivity contribution in [3.8, 4) is 5.75 Å². The molecule has 282 valence electrons. The highest BCUT2D eigenvalue weighted by Crippen LogP contribution is 2.18. The number of rotatable bonds is 12. The van der Waals surface area contributed by atoms with Gasteiger partial charge in [0, 0.05) is 25.9 Å². The van der Waals surface area contributed by atoms with Gasteiger partial charge in [-0.2, -0.15) is 0 Å². The predicted molar refractivity (Wildman–Crippen MR) is 200 cm³/mol. The summed E-state index contributed by atoms with van der Waals surface area (Å²) >= 11 is 0. The van der Waals surface area contributed by atoms with Crippen LogP contribution in [0.2, 0.25) is 0 Å². The second-order valence-electron chi connectivity index (χ2n) is 12.7. The van der Waals surface area contributed by atoms with Gasteiger partial charge in [-0.3, -0.25) is 34.0 Å². The summed E-state index contributed by atoms with van der Waals surface area (Å²) in [6, 6.07) is 14.7. The molecule has 5 amide bonds. The number of aliphatic imine (C=N–C) groups is 2. The Morgan fingerprint density at radius 3 is 1.68 bits per heavy atom. The number of nitrogens with one attached hydrogen (secondary N) is 5. The molecule has 1 saturated heterocycles. The molecule has 53 heavy (non-hydrogen) atoms. The number of phenols is 1. The zero-order valence-electron chi connectivity index (χ0n) is 29.2. The van der Waals surface area contributed by atoms with Crippen molar-refractivity contribution in [2.24, 2.45) is 32.9 Å². The van der Waals surface area contributed by atoms with Crippen molar-refractivity contribution >= 4 is 52.2 Å².